The van der Waals surface area contributed by atoms with Gasteiger partial charge < -0.3 is 9.84 Å². The minimum Gasteiger partial charge on any atom is -0.334 e. The average molecular weight is 387 g/mol. The van der Waals surface area contributed by atoms with E-state index in [1.807, 2.05) is 0 Å². The number of aromatic nitrogens is 3. The zero-order valence-electron chi connectivity index (χ0n) is 14.9. The van der Waals surface area contributed by atoms with Crippen LogP contribution in [0, 0.1) is 10.1 Å². The molecule has 0 bridgehead atoms. The number of nitrogens with one attached hydrogen (secondary N) is 1. The monoisotopic (exact) mass is 387 g/mol. The second-order valence-corrected chi connectivity index (χ2v) is 5.96. The number of benzene rings is 2. The summed E-state index contributed by atoms with van der Waals surface area (Å²) in [5.74, 6) is 0.233. The van der Waals surface area contributed by atoms with E-state index in [0.29, 0.717) is 17.1 Å². The second kappa shape index (κ2) is 7.69. The van der Waals surface area contributed by atoms with Crippen LogP contribution in [0.2, 0.25) is 0 Å². The summed E-state index contributed by atoms with van der Waals surface area (Å²) in [6.07, 6.45) is 3.26. The van der Waals surface area contributed by atoms with E-state index >= 15 is 0 Å². The maximum absolute atomic E-state index is 12.6. The van der Waals surface area contributed by atoms with Gasteiger partial charge >= 0.3 is 0 Å². The van der Waals surface area contributed by atoms with Crippen LogP contribution in [0.4, 0.5) is 11.4 Å². The Labute approximate surface area is 164 Å². The van der Waals surface area contributed by atoms with Crippen molar-refractivity contribution in [2.75, 3.05) is 5.32 Å². The zero-order valence-corrected chi connectivity index (χ0v) is 14.9. The molecule has 142 valence electrons. The fraction of sp³-hybridized carbons (Fsp3) is 0. The lowest BCUT2D eigenvalue weighted by Gasteiger charge is -2.08. The van der Waals surface area contributed by atoms with E-state index < -0.39 is 10.8 Å². The molecule has 0 saturated carbocycles. The number of non-ortho nitro benzene ring substituents is 1. The summed E-state index contributed by atoms with van der Waals surface area (Å²) >= 11 is 0. The largest absolute Gasteiger partial charge is 0.334 e. The van der Waals surface area contributed by atoms with Crippen molar-refractivity contribution in [1.82, 2.24) is 15.1 Å². The van der Waals surface area contributed by atoms with Gasteiger partial charge in [-0.2, -0.15) is 4.98 Å². The molecule has 0 atom stereocenters. The summed E-state index contributed by atoms with van der Waals surface area (Å²) in [6, 6.07) is 15.9. The topological polar surface area (TPSA) is 124 Å². The Morgan fingerprint density at radius 1 is 1.00 bits per heavy atom. The Morgan fingerprint density at radius 3 is 2.45 bits per heavy atom. The molecule has 29 heavy (non-hydrogen) atoms. The van der Waals surface area contributed by atoms with Crippen molar-refractivity contribution in [3.63, 3.8) is 0 Å². The zero-order chi connectivity index (χ0) is 20.2. The lowest BCUT2D eigenvalue weighted by molar-refractivity contribution is -0.384. The van der Waals surface area contributed by atoms with Crippen LogP contribution in [0.5, 0.6) is 0 Å². The van der Waals surface area contributed by atoms with Gasteiger partial charge in [0.25, 0.3) is 17.5 Å². The number of carbonyl (C=O) groups is 1. The smallest absolute Gasteiger partial charge is 0.269 e. The third-order valence-electron chi connectivity index (χ3n) is 4.11. The number of hydrogen-bond donors (Lipinski definition) is 1. The van der Waals surface area contributed by atoms with Crippen molar-refractivity contribution in [1.29, 1.82) is 0 Å². The molecule has 1 amide bonds. The molecule has 0 unspecified atom stereocenters. The summed E-state index contributed by atoms with van der Waals surface area (Å²) in [7, 11) is 0. The molecule has 2 heterocycles. The summed E-state index contributed by atoms with van der Waals surface area (Å²) in [5.41, 5.74) is 1.98. The SMILES string of the molecule is O=C(Nc1ccccc1-c1nc(-c2ccncc2)no1)c1ccc([N+](=O)[O-])cc1. The van der Waals surface area contributed by atoms with Crippen molar-refractivity contribution >= 4 is 17.3 Å². The van der Waals surface area contributed by atoms with Crippen molar-refractivity contribution in [2.45, 2.75) is 0 Å². The van der Waals surface area contributed by atoms with E-state index in [4.69, 9.17) is 4.52 Å². The summed E-state index contributed by atoms with van der Waals surface area (Å²) < 4.78 is 5.37. The third-order valence-corrected chi connectivity index (χ3v) is 4.11. The third kappa shape index (κ3) is 3.83. The molecule has 0 radical (unpaired) electrons. The first-order chi connectivity index (χ1) is 14.1. The number of hydrogen-bond acceptors (Lipinski definition) is 7. The number of anilines is 1. The van der Waals surface area contributed by atoms with Gasteiger partial charge in [0.1, 0.15) is 0 Å². The van der Waals surface area contributed by atoms with Gasteiger partial charge in [0.15, 0.2) is 0 Å². The lowest BCUT2D eigenvalue weighted by Crippen LogP contribution is -2.12. The molecule has 0 fully saturated rings. The van der Waals surface area contributed by atoms with Gasteiger partial charge in [-0.05, 0) is 36.4 Å². The molecule has 0 aliphatic carbocycles. The van der Waals surface area contributed by atoms with E-state index in [-0.39, 0.29) is 17.1 Å². The fourth-order valence-electron chi connectivity index (χ4n) is 2.66. The lowest BCUT2D eigenvalue weighted by atomic mass is 10.1. The highest BCUT2D eigenvalue weighted by Gasteiger charge is 2.16. The Bertz CT molecular complexity index is 1170. The number of nitro groups is 1. The van der Waals surface area contributed by atoms with Crippen molar-refractivity contribution < 1.29 is 14.2 Å². The maximum atomic E-state index is 12.6. The first-order valence-electron chi connectivity index (χ1n) is 8.51. The highest BCUT2D eigenvalue weighted by Crippen LogP contribution is 2.28. The number of nitro benzene ring substituents is 1. The Hall–Kier alpha value is -4.40. The first kappa shape index (κ1) is 18.0. The van der Waals surface area contributed by atoms with E-state index in [1.54, 1.807) is 48.8 Å². The standard InChI is InChI=1S/C20H13N5O4/c26-19(14-5-7-15(8-6-14)25(27)28)22-17-4-2-1-3-16(17)20-23-18(24-29-20)13-9-11-21-12-10-13/h1-12H,(H,22,26). The predicted molar refractivity (Wildman–Crippen MR) is 104 cm³/mol. The van der Waals surface area contributed by atoms with Gasteiger partial charge in [0.05, 0.1) is 16.2 Å². The van der Waals surface area contributed by atoms with E-state index in [0.717, 1.165) is 5.56 Å². The highest BCUT2D eigenvalue weighted by molar-refractivity contribution is 6.06. The molecule has 4 rings (SSSR count). The molecule has 2 aromatic carbocycles. The van der Waals surface area contributed by atoms with Crippen molar-refractivity contribution in [3.05, 3.63) is 88.7 Å². The van der Waals surface area contributed by atoms with Gasteiger partial charge in [-0.15, -0.1) is 0 Å². The first-order valence-corrected chi connectivity index (χ1v) is 8.51. The molecule has 9 nitrogen and oxygen atoms in total. The molecule has 9 heteroatoms. The summed E-state index contributed by atoms with van der Waals surface area (Å²) in [6.45, 7) is 0. The van der Waals surface area contributed by atoms with Gasteiger partial charge in [0, 0.05) is 35.7 Å². The number of para-hydroxylation sites is 1. The quantitative estimate of drug-likeness (QED) is 0.406. The molecular weight excluding hydrogens is 374 g/mol. The fourth-order valence-corrected chi connectivity index (χ4v) is 2.66. The van der Waals surface area contributed by atoms with Crippen LogP contribution < -0.4 is 5.32 Å². The van der Waals surface area contributed by atoms with E-state index in [2.05, 4.69) is 20.4 Å². The van der Waals surface area contributed by atoms with Gasteiger partial charge in [-0.1, -0.05) is 17.3 Å². The predicted octanol–water partition coefficient (Wildman–Crippen LogP) is 3.96. The van der Waals surface area contributed by atoms with Crippen LogP contribution in [-0.4, -0.2) is 26.0 Å². The van der Waals surface area contributed by atoms with Crippen LogP contribution in [0.3, 0.4) is 0 Å². The van der Waals surface area contributed by atoms with Gasteiger partial charge in [-0.25, -0.2) is 0 Å². The van der Waals surface area contributed by atoms with Crippen LogP contribution in [0.25, 0.3) is 22.8 Å². The Kier molecular flexibility index (Phi) is 4.77. The number of amides is 1. The Balaban J connectivity index is 1.60. The molecule has 0 aliphatic heterocycles. The van der Waals surface area contributed by atoms with Gasteiger partial charge in [-0.3, -0.25) is 19.9 Å². The second-order valence-electron chi connectivity index (χ2n) is 5.96. The van der Waals surface area contributed by atoms with Crippen LogP contribution >= 0.6 is 0 Å². The molecule has 1 N–H and O–H groups in total. The van der Waals surface area contributed by atoms with E-state index in [9.17, 15) is 14.9 Å². The van der Waals surface area contributed by atoms with Crippen molar-refractivity contribution in [2.24, 2.45) is 0 Å². The van der Waals surface area contributed by atoms with Crippen LogP contribution in [0.15, 0.2) is 77.6 Å². The molecule has 4 aromatic rings. The minimum absolute atomic E-state index is 0.0866. The molecule has 0 saturated heterocycles. The van der Waals surface area contributed by atoms with E-state index in [1.165, 1.54) is 24.3 Å². The minimum atomic E-state index is -0.521. The summed E-state index contributed by atoms with van der Waals surface area (Å²) in [4.78, 5) is 31.1. The number of rotatable bonds is 5. The molecule has 2 aromatic heterocycles. The number of carbonyl (C=O) groups excluding carboxylic acids is 1. The van der Waals surface area contributed by atoms with Crippen LogP contribution in [0.1, 0.15) is 10.4 Å². The Morgan fingerprint density at radius 2 is 1.72 bits per heavy atom. The maximum Gasteiger partial charge on any atom is 0.269 e. The number of nitrogens with zero attached hydrogens (tertiary/aromatic N) is 4. The van der Waals surface area contributed by atoms with Crippen molar-refractivity contribution in [3.8, 4) is 22.8 Å². The highest BCUT2D eigenvalue weighted by atomic mass is 16.6. The molecule has 0 aliphatic rings. The summed E-state index contributed by atoms with van der Waals surface area (Å²) in [5, 5.41) is 17.5. The number of pyridine rings is 1. The molecule has 0 spiro atoms. The molecular formula is C20H13N5O4. The normalized spacial score (nSPS) is 10.5. The average Bonchev–Trinajstić information content (AvgIpc) is 3.25. The van der Waals surface area contributed by atoms with Crippen LogP contribution in [-0.2, 0) is 0 Å². The van der Waals surface area contributed by atoms with Gasteiger partial charge in [0.2, 0.25) is 5.82 Å².